The molecule has 2 rings (SSSR count). The van der Waals surface area contributed by atoms with Gasteiger partial charge >= 0.3 is 0 Å². The van der Waals surface area contributed by atoms with Crippen molar-refractivity contribution in [3.05, 3.63) is 12.7 Å². The molecule has 0 N–H and O–H groups in total. The third-order valence-electron chi connectivity index (χ3n) is 2.19. The van der Waals surface area contributed by atoms with Crippen LogP contribution in [0.3, 0.4) is 0 Å². The Kier molecular flexibility index (Phi) is 2.45. The lowest BCUT2D eigenvalue weighted by Crippen LogP contribution is -2.33. The summed E-state index contributed by atoms with van der Waals surface area (Å²) in [6.07, 6.45) is 3.84. The highest BCUT2D eigenvalue weighted by atomic mass is 16.7. The zero-order valence-electron chi connectivity index (χ0n) is 7.96. The Hall–Kier alpha value is -1.43. The maximum atomic E-state index is 11.8. The predicted octanol–water partition coefficient (Wildman–Crippen LogP) is 0.00300. The topological polar surface area (TPSA) is 60.2 Å². The highest BCUT2D eigenvalue weighted by Gasteiger charge is 2.25. The highest BCUT2D eigenvalue weighted by molar-refractivity contribution is 5.79. The van der Waals surface area contributed by atoms with Crippen LogP contribution in [0.1, 0.15) is 19.4 Å². The molecule has 1 amide bonds. The SMILES string of the molecule is CC(C(=O)N1CCCO1)n1cncn1. The van der Waals surface area contributed by atoms with E-state index in [0.29, 0.717) is 13.2 Å². The van der Waals surface area contributed by atoms with Crippen molar-refractivity contribution in [1.29, 1.82) is 0 Å². The van der Waals surface area contributed by atoms with E-state index in [1.54, 1.807) is 6.92 Å². The Labute approximate surface area is 81.4 Å². The molecule has 0 aliphatic carbocycles. The quantitative estimate of drug-likeness (QED) is 0.668. The van der Waals surface area contributed by atoms with E-state index >= 15 is 0 Å². The maximum Gasteiger partial charge on any atom is 0.270 e. The van der Waals surface area contributed by atoms with Crippen LogP contribution < -0.4 is 0 Å². The van der Waals surface area contributed by atoms with Gasteiger partial charge in [0.25, 0.3) is 5.91 Å². The summed E-state index contributed by atoms with van der Waals surface area (Å²) in [5, 5.41) is 5.31. The minimum atomic E-state index is -0.351. The first-order valence-electron chi connectivity index (χ1n) is 4.57. The number of rotatable bonds is 2. The summed E-state index contributed by atoms with van der Waals surface area (Å²) in [5.74, 6) is -0.0759. The van der Waals surface area contributed by atoms with Gasteiger partial charge in [0.15, 0.2) is 0 Å². The van der Waals surface area contributed by atoms with Crippen LogP contribution in [0, 0.1) is 0 Å². The van der Waals surface area contributed by atoms with Gasteiger partial charge in [0.2, 0.25) is 0 Å². The lowest BCUT2D eigenvalue weighted by molar-refractivity contribution is -0.172. The number of hydrogen-bond acceptors (Lipinski definition) is 4. The molecule has 2 heterocycles. The van der Waals surface area contributed by atoms with E-state index in [1.165, 1.54) is 22.4 Å². The number of amides is 1. The summed E-state index contributed by atoms with van der Waals surface area (Å²) < 4.78 is 1.52. The molecular weight excluding hydrogens is 184 g/mol. The van der Waals surface area contributed by atoms with Crippen molar-refractivity contribution in [2.24, 2.45) is 0 Å². The highest BCUT2D eigenvalue weighted by Crippen LogP contribution is 2.12. The number of nitrogens with zero attached hydrogens (tertiary/aromatic N) is 4. The van der Waals surface area contributed by atoms with Gasteiger partial charge in [0.05, 0.1) is 13.2 Å². The zero-order valence-corrected chi connectivity index (χ0v) is 7.96. The van der Waals surface area contributed by atoms with Crippen LogP contribution in [-0.2, 0) is 9.63 Å². The molecule has 6 nitrogen and oxygen atoms in total. The average molecular weight is 196 g/mol. The summed E-state index contributed by atoms with van der Waals surface area (Å²) >= 11 is 0. The van der Waals surface area contributed by atoms with E-state index in [-0.39, 0.29) is 11.9 Å². The van der Waals surface area contributed by atoms with Crippen molar-refractivity contribution >= 4 is 5.91 Å². The van der Waals surface area contributed by atoms with Crippen LogP contribution in [0.25, 0.3) is 0 Å². The van der Waals surface area contributed by atoms with Gasteiger partial charge in [-0.1, -0.05) is 0 Å². The fourth-order valence-electron chi connectivity index (χ4n) is 1.36. The van der Waals surface area contributed by atoms with Crippen molar-refractivity contribution in [2.45, 2.75) is 19.4 Å². The fraction of sp³-hybridized carbons (Fsp3) is 0.625. The molecule has 0 bridgehead atoms. The summed E-state index contributed by atoms with van der Waals surface area (Å²) in [6.45, 7) is 3.06. The summed E-state index contributed by atoms with van der Waals surface area (Å²) in [7, 11) is 0. The Morgan fingerprint density at radius 3 is 3.07 bits per heavy atom. The van der Waals surface area contributed by atoms with Gasteiger partial charge in [-0.3, -0.25) is 9.63 Å². The van der Waals surface area contributed by atoms with E-state index in [0.717, 1.165) is 6.42 Å². The monoisotopic (exact) mass is 196 g/mol. The lowest BCUT2D eigenvalue weighted by atomic mass is 10.3. The van der Waals surface area contributed by atoms with Gasteiger partial charge in [-0.15, -0.1) is 0 Å². The van der Waals surface area contributed by atoms with Crippen molar-refractivity contribution < 1.29 is 9.63 Å². The first-order chi connectivity index (χ1) is 6.79. The van der Waals surface area contributed by atoms with Crippen LogP contribution in [0.4, 0.5) is 0 Å². The van der Waals surface area contributed by atoms with Gasteiger partial charge in [-0.2, -0.15) is 5.10 Å². The largest absolute Gasteiger partial charge is 0.271 e. The molecule has 1 aliphatic heterocycles. The Morgan fingerprint density at radius 2 is 2.50 bits per heavy atom. The molecule has 0 aromatic carbocycles. The number of aromatic nitrogens is 3. The Morgan fingerprint density at radius 1 is 1.64 bits per heavy atom. The summed E-state index contributed by atoms with van der Waals surface area (Å²) in [4.78, 5) is 20.7. The van der Waals surface area contributed by atoms with Crippen LogP contribution in [0.5, 0.6) is 0 Å². The van der Waals surface area contributed by atoms with E-state index in [2.05, 4.69) is 10.1 Å². The molecule has 1 aromatic rings. The standard InChI is InChI=1S/C8H12N4O2/c1-7(11-6-9-5-10-11)8(13)12-3-2-4-14-12/h5-7H,2-4H2,1H3. The van der Waals surface area contributed by atoms with E-state index in [1.807, 2.05) is 0 Å². The summed E-state index contributed by atoms with van der Waals surface area (Å²) in [6, 6.07) is -0.351. The van der Waals surface area contributed by atoms with E-state index < -0.39 is 0 Å². The minimum Gasteiger partial charge on any atom is -0.271 e. The first kappa shape index (κ1) is 9.14. The van der Waals surface area contributed by atoms with Gasteiger partial charge < -0.3 is 0 Å². The van der Waals surface area contributed by atoms with Gasteiger partial charge in [0, 0.05) is 0 Å². The molecule has 1 aliphatic rings. The van der Waals surface area contributed by atoms with Crippen LogP contribution in [-0.4, -0.2) is 38.9 Å². The van der Waals surface area contributed by atoms with Crippen LogP contribution >= 0.6 is 0 Å². The van der Waals surface area contributed by atoms with Gasteiger partial charge in [-0.25, -0.2) is 14.7 Å². The zero-order chi connectivity index (χ0) is 9.97. The summed E-state index contributed by atoms with van der Waals surface area (Å²) in [5.41, 5.74) is 0. The molecule has 1 aromatic heterocycles. The molecule has 1 atom stereocenters. The third-order valence-corrected chi connectivity index (χ3v) is 2.19. The number of hydroxylamine groups is 2. The number of hydrogen-bond donors (Lipinski definition) is 0. The van der Waals surface area contributed by atoms with Crippen molar-refractivity contribution in [2.75, 3.05) is 13.2 Å². The third kappa shape index (κ3) is 1.60. The fourth-order valence-corrected chi connectivity index (χ4v) is 1.36. The van der Waals surface area contributed by atoms with Crippen LogP contribution in [0.2, 0.25) is 0 Å². The van der Waals surface area contributed by atoms with Crippen molar-refractivity contribution in [3.8, 4) is 0 Å². The molecule has 0 spiro atoms. The lowest BCUT2D eigenvalue weighted by Gasteiger charge is -2.18. The van der Waals surface area contributed by atoms with Crippen LogP contribution in [0.15, 0.2) is 12.7 Å². The minimum absolute atomic E-state index is 0.0759. The van der Waals surface area contributed by atoms with E-state index in [4.69, 9.17) is 4.84 Å². The Bertz CT molecular complexity index is 305. The number of carbonyl (C=O) groups excluding carboxylic acids is 1. The van der Waals surface area contributed by atoms with Gasteiger partial charge in [0.1, 0.15) is 18.7 Å². The first-order valence-corrected chi connectivity index (χ1v) is 4.57. The second kappa shape index (κ2) is 3.75. The predicted molar refractivity (Wildman–Crippen MR) is 47.0 cm³/mol. The molecule has 1 saturated heterocycles. The molecule has 14 heavy (non-hydrogen) atoms. The second-order valence-electron chi connectivity index (χ2n) is 3.18. The molecule has 1 fully saturated rings. The molecule has 1 unspecified atom stereocenters. The Balaban J connectivity index is 2.04. The van der Waals surface area contributed by atoms with Crippen molar-refractivity contribution in [1.82, 2.24) is 19.8 Å². The second-order valence-corrected chi connectivity index (χ2v) is 3.18. The molecular formula is C8H12N4O2. The number of carbonyl (C=O) groups is 1. The smallest absolute Gasteiger partial charge is 0.270 e. The molecule has 0 radical (unpaired) electrons. The maximum absolute atomic E-state index is 11.8. The molecule has 76 valence electrons. The van der Waals surface area contributed by atoms with Gasteiger partial charge in [-0.05, 0) is 13.3 Å². The molecule has 0 saturated carbocycles. The molecule has 6 heteroatoms. The average Bonchev–Trinajstić information content (AvgIpc) is 2.87. The van der Waals surface area contributed by atoms with E-state index in [9.17, 15) is 4.79 Å². The normalized spacial score (nSPS) is 18.5. The van der Waals surface area contributed by atoms with Crippen molar-refractivity contribution in [3.63, 3.8) is 0 Å².